The molecule has 8 aliphatic rings. The molecule has 2 fully saturated rings. The van der Waals surface area contributed by atoms with E-state index in [1.54, 1.807) is 111 Å². The van der Waals surface area contributed by atoms with E-state index in [1.807, 2.05) is 91.9 Å². The minimum absolute atomic E-state index is 0. The van der Waals surface area contributed by atoms with Gasteiger partial charge in [0.25, 0.3) is 6.47 Å². The van der Waals surface area contributed by atoms with Crippen LogP contribution in [-0.2, 0) is 123 Å². The van der Waals surface area contributed by atoms with E-state index >= 15 is 0 Å². The van der Waals surface area contributed by atoms with Gasteiger partial charge in [0.05, 0.1) is 21.3 Å². The number of hydrogen-bond acceptors (Lipinski definition) is 18. The van der Waals surface area contributed by atoms with Crippen LogP contribution in [0.3, 0.4) is 0 Å². The van der Waals surface area contributed by atoms with Crippen molar-refractivity contribution in [1.29, 1.82) is 0 Å². The van der Waals surface area contributed by atoms with Crippen molar-refractivity contribution in [2.24, 2.45) is 9.98 Å². The van der Waals surface area contributed by atoms with E-state index < -0.39 is 40.6 Å². The molecule has 6 aliphatic carbocycles. The molecule has 9 aromatic rings. The second-order valence-electron chi connectivity index (χ2n) is 40.2. The number of phenolic OH excluding ortho intramolecular Hbond substituents is 1. The van der Waals surface area contributed by atoms with Crippen molar-refractivity contribution >= 4 is 90.5 Å². The number of aliphatic hydroxyl groups is 3. The molecule has 17 rings (SSSR count). The van der Waals surface area contributed by atoms with E-state index in [1.165, 1.54) is 42.0 Å². The Morgan fingerprint density at radius 3 is 1.16 bits per heavy atom. The van der Waals surface area contributed by atoms with Crippen molar-refractivity contribution in [2.75, 3.05) is 0 Å². The molecule has 0 bridgehead atoms. The molecule has 7 heterocycles. The van der Waals surface area contributed by atoms with Gasteiger partial charge in [-0.25, -0.2) is 24.9 Å². The van der Waals surface area contributed by atoms with Crippen LogP contribution in [0.1, 0.15) is 283 Å². The van der Waals surface area contributed by atoms with Gasteiger partial charge < -0.3 is 46.7 Å². The molecule has 0 spiro atoms. The summed E-state index contributed by atoms with van der Waals surface area (Å²) >= 11 is 2.96. The van der Waals surface area contributed by atoms with E-state index in [0.29, 0.717) is 102 Å². The van der Waals surface area contributed by atoms with Crippen LogP contribution in [0, 0.1) is 35.9 Å². The van der Waals surface area contributed by atoms with Gasteiger partial charge >= 0.3 is 138 Å². The van der Waals surface area contributed by atoms with E-state index in [-0.39, 0.29) is 272 Å². The SMILES string of the molecule is CC(C)(C)P(C(C)(C)C)C(C)(C)C.CC(C)(C)P(C(C)(C)C)C(C)(C)C.CC1(O)C=C(c2cccnc2F)CC1.CC1(O)CCC(c2cccnc2F)C1.CC1(O)CCC(c2cccnc2Oc2cc[c-]cc2)C1.Fc1ncccc1Br.O=C1C=C(c2cccnc2F)CC1.O=C1C=CCC1.O=C1C=CCC1.O=CO[O-].Oc1cc[c-]cc1.[C-]1=Nc2ccccc2C1.[C-]1=Nc2ccccc2C1.[Cs+].[Cs+].[H-].[HH].[Pd].[Y].[Y]. The van der Waals surface area contributed by atoms with Crippen molar-refractivity contribution in [3.63, 3.8) is 0 Å². The van der Waals surface area contributed by atoms with Gasteiger partial charge in [-0.05, 0) is 234 Å². The zero-order valence-electron chi connectivity index (χ0n) is 87.4. The topological polar surface area (TPSA) is 280 Å². The Balaban J connectivity index is -0.00000150. The Morgan fingerprint density at radius 1 is 0.482 bits per heavy atom. The average Bonchev–Trinajstić information content (AvgIpc) is 1.19. The second-order valence-corrected chi connectivity index (χ2v) is 50.5. The molecule has 141 heavy (non-hydrogen) atoms. The maximum absolute atomic E-state index is 13.3. The summed E-state index contributed by atoms with van der Waals surface area (Å²) in [7, 11) is 0.0324. The molecular weight excluding hydrogens is 2380 g/mol. The summed E-state index contributed by atoms with van der Waals surface area (Å²) in [6, 6.07) is 53.3. The third-order valence-corrected chi connectivity index (χ3v) is 30.1. The minimum atomic E-state index is -0.794. The average molecular weight is 2520 g/mol. The zero-order chi connectivity index (χ0) is 101. The maximum atomic E-state index is 13.3. The van der Waals surface area contributed by atoms with Crippen LogP contribution in [0.15, 0.2) is 240 Å². The van der Waals surface area contributed by atoms with E-state index in [9.17, 15) is 47.3 Å². The molecule has 5 atom stereocenters. The Morgan fingerprint density at radius 2 is 0.858 bits per heavy atom. The molecule has 5 unspecified atom stereocenters. The van der Waals surface area contributed by atoms with Crippen LogP contribution in [0.25, 0.3) is 11.1 Å². The maximum Gasteiger partial charge on any atom is 1.00 e. The van der Waals surface area contributed by atoms with Crippen LogP contribution in [0.5, 0.6) is 17.4 Å². The predicted octanol–water partition coefficient (Wildman–Crippen LogP) is 21.2. The summed E-state index contributed by atoms with van der Waals surface area (Å²) in [5.74, 6) is 0.919. The van der Waals surface area contributed by atoms with Gasteiger partial charge in [0.1, 0.15) is 0 Å². The van der Waals surface area contributed by atoms with Crippen molar-refractivity contribution in [3.8, 4) is 17.4 Å². The number of benzene rings is 4. The zero-order valence-corrected chi connectivity index (χ0v) is 110. The Kier molecular flexibility index (Phi) is 66.4. The molecule has 2 radical (unpaired) electrons. The van der Waals surface area contributed by atoms with Crippen molar-refractivity contribution in [2.45, 2.75) is 308 Å². The fraction of sp³-hybridized carbons (Fsp3) is 0.432. The van der Waals surface area contributed by atoms with Gasteiger partial charge in [-0.2, -0.15) is 66.4 Å². The Hall–Kier alpha value is -3.12. The minimum Gasteiger partial charge on any atom is -1.00 e. The standard InChI is InChI=1S/C17H18NO2.2C12H27P.C11H14FNO.C11H12FNO.C10H8FNO.2C8H6N.C6H5O.C5H3BrFN.2C5H6O.CH2O3.2Cs.Pd.2Y.H2.H/c1-17(19)10-9-13(12-17)15-8-5-11-18-16(15)20-14-6-3-2-4-7-14;2*1-10(2,3)13(11(4,5)6)12(7,8)9;2*1-11(14)5-4-8(7-11)9-3-2-6-13-10(9)12;11-10-9(2-1-5-12-10)7-3-4-8(13)6-7;2*1-2-4-8-7(3-1)5-6-9-8;7-6-4-2-1-3-5-6;6-4-2-1-3-8-5(4)7;2*6-5-3-1-2-4-5;2-1-4-3;;;;;;;/h3-8,11,13,19H,9-10,12H2,1H3;2*1-9H3;2-3,6,8,14H,4-5,7H2,1H3;2-3,6-7,14H,4-5H2,1H3;1-2,5-6H,3-4H2;2*1-4H,5H2;2-5,7H;1-3H;2*1,3H,2,4H2;1,3H;;;;;;1H;/q-1;;;;;;3*-1;;;;;2*+1;;;;;-1/p-1. The molecule has 4 N–H and O–H groups in total. The summed E-state index contributed by atoms with van der Waals surface area (Å²) in [5.41, 5.74) is 7.03. The molecular formula is C111H142BrCs2F4N7O11P2PdY2-4. The van der Waals surface area contributed by atoms with Gasteiger partial charge in [-0.15, -0.1) is 47.5 Å². The molecule has 754 valence electrons. The summed E-state index contributed by atoms with van der Waals surface area (Å²) in [6.45, 7) is 48.2. The van der Waals surface area contributed by atoms with Crippen LogP contribution >= 0.6 is 31.8 Å². The van der Waals surface area contributed by atoms with Crippen LogP contribution < -0.4 is 148 Å². The van der Waals surface area contributed by atoms with E-state index in [4.69, 9.17) is 19.9 Å². The number of carbonyl (C=O) groups excluding carboxylic acids is 4. The smallest absolute Gasteiger partial charge is 1.00 e. The van der Waals surface area contributed by atoms with Gasteiger partial charge in [0.15, 0.2) is 17.3 Å². The number of pyridine rings is 5. The summed E-state index contributed by atoms with van der Waals surface area (Å²) in [6.07, 6.45) is 35.9. The summed E-state index contributed by atoms with van der Waals surface area (Å²) in [5, 5.41) is 49.4. The number of ketones is 3. The number of aliphatic imine (C=N–C) groups is 2. The molecule has 2 aliphatic heterocycles. The number of fused-ring (bicyclic) bond motifs is 2. The first-order valence-electron chi connectivity index (χ1n) is 45.8. The molecule has 5 aromatic heterocycles. The predicted molar refractivity (Wildman–Crippen MR) is 549 cm³/mol. The number of aromatic nitrogens is 5. The first-order valence-corrected chi connectivity index (χ1v) is 49.3. The number of aromatic hydroxyl groups is 1. The Labute approximate surface area is 1030 Å². The number of rotatable bonds is 7. The number of para-hydroxylation sites is 2. The monoisotopic (exact) mass is 2520 g/mol. The number of allylic oxidation sites excluding steroid dienone is 7. The number of ether oxygens (including phenoxy) is 1. The van der Waals surface area contributed by atoms with Crippen molar-refractivity contribution in [3.05, 3.63) is 299 Å². The number of hydrogen-bond donors (Lipinski definition) is 4. The fourth-order valence-electron chi connectivity index (χ4n) is 18.0. The Bertz CT molecular complexity index is 5240. The first kappa shape index (κ1) is 138. The molecule has 2 saturated carbocycles. The fourth-order valence-corrected chi connectivity index (χ4v) is 30.3. The van der Waals surface area contributed by atoms with Gasteiger partial charge in [0, 0.05) is 171 Å². The number of carbonyl (C=O) groups is 4. The molecule has 30 heteroatoms. The van der Waals surface area contributed by atoms with Crippen LogP contribution in [0.2, 0.25) is 0 Å². The molecule has 4 aromatic carbocycles. The van der Waals surface area contributed by atoms with Crippen LogP contribution in [0.4, 0.5) is 28.9 Å². The third-order valence-electron chi connectivity index (χ3n) is 21.5. The van der Waals surface area contributed by atoms with Crippen molar-refractivity contribution < 1.29 is 299 Å². The van der Waals surface area contributed by atoms with Crippen LogP contribution in [-0.4, -0.2) is 129 Å². The van der Waals surface area contributed by atoms with Gasteiger partial charge in [-0.1, -0.05) is 225 Å². The molecule has 18 nitrogen and oxygen atoms in total. The van der Waals surface area contributed by atoms with Gasteiger partial charge in [-0.3, -0.25) is 19.2 Å². The summed E-state index contributed by atoms with van der Waals surface area (Å²) in [4.78, 5) is 69.0. The van der Waals surface area contributed by atoms with Crippen molar-refractivity contribution in [1.82, 2.24) is 24.9 Å². The quantitative estimate of drug-likeness (QED) is 0.0169. The summed E-state index contributed by atoms with van der Waals surface area (Å²) < 4.78 is 58.1. The first-order chi connectivity index (χ1) is 63.6. The largest absolute Gasteiger partial charge is 1.00 e. The van der Waals surface area contributed by atoms with Gasteiger partial charge in [0.2, 0.25) is 29.7 Å². The molecule has 0 saturated heterocycles. The van der Waals surface area contributed by atoms with E-state index in [2.05, 4.69) is 217 Å². The molecule has 0 amide bonds. The normalized spacial score (nSPS) is 18.3. The van der Waals surface area contributed by atoms with E-state index in [0.717, 1.165) is 104 Å². The number of halogens is 5. The third kappa shape index (κ3) is 53.9. The number of phenols is 1. The second kappa shape index (κ2) is 67.9. The number of nitrogens with zero attached hydrogens (tertiary/aromatic N) is 7.